The number of amides is 1. The summed E-state index contributed by atoms with van der Waals surface area (Å²) in [5, 5.41) is 1.07. The van der Waals surface area contributed by atoms with E-state index in [1.54, 1.807) is 7.11 Å². The summed E-state index contributed by atoms with van der Waals surface area (Å²) in [6, 6.07) is 9.90. The molecule has 1 saturated carbocycles. The number of piperidine rings is 1. The van der Waals surface area contributed by atoms with Crippen molar-refractivity contribution in [3.63, 3.8) is 0 Å². The van der Waals surface area contributed by atoms with Gasteiger partial charge in [-0.05, 0) is 61.9 Å². The SMILES string of the molecule is CCn1c(-c2nc3cc(C(=O)N4CCC5(CC5)C(N)C4)cc(OC)c3n2C)cc2cccnc21. The highest BCUT2D eigenvalue weighted by molar-refractivity contribution is 6.00. The van der Waals surface area contributed by atoms with Crippen LogP contribution in [0.3, 0.4) is 0 Å². The van der Waals surface area contributed by atoms with Crippen molar-refractivity contribution in [1.29, 1.82) is 0 Å². The predicted octanol–water partition coefficient (Wildman–Crippen LogP) is 3.57. The van der Waals surface area contributed by atoms with Crippen LogP contribution >= 0.6 is 0 Å². The van der Waals surface area contributed by atoms with E-state index >= 15 is 0 Å². The number of carbonyl (C=O) groups excluding carboxylic acids is 1. The van der Waals surface area contributed by atoms with Crippen LogP contribution in [0.1, 0.15) is 36.5 Å². The molecule has 1 spiro atoms. The van der Waals surface area contributed by atoms with Crippen molar-refractivity contribution in [2.75, 3.05) is 20.2 Å². The van der Waals surface area contributed by atoms with Gasteiger partial charge in [-0.3, -0.25) is 4.79 Å². The summed E-state index contributed by atoms with van der Waals surface area (Å²) in [4.78, 5) is 24.9. The van der Waals surface area contributed by atoms with Crippen molar-refractivity contribution in [2.45, 2.75) is 38.8 Å². The number of hydrogen-bond acceptors (Lipinski definition) is 5. The van der Waals surface area contributed by atoms with Crippen LogP contribution < -0.4 is 10.5 Å². The van der Waals surface area contributed by atoms with E-state index in [2.05, 4.69) is 28.6 Å². The van der Waals surface area contributed by atoms with Crippen LogP contribution in [0.5, 0.6) is 5.75 Å². The molecule has 176 valence electrons. The van der Waals surface area contributed by atoms with Gasteiger partial charge in [-0.15, -0.1) is 0 Å². The zero-order valence-electron chi connectivity index (χ0n) is 19.9. The fourth-order valence-electron chi connectivity index (χ4n) is 5.62. The molecule has 2 aliphatic rings. The van der Waals surface area contributed by atoms with Crippen molar-refractivity contribution in [3.05, 3.63) is 42.1 Å². The van der Waals surface area contributed by atoms with Gasteiger partial charge in [-0.1, -0.05) is 0 Å². The molecule has 8 nitrogen and oxygen atoms in total. The largest absolute Gasteiger partial charge is 0.494 e. The van der Waals surface area contributed by atoms with Gasteiger partial charge in [0.2, 0.25) is 0 Å². The first-order valence-corrected chi connectivity index (χ1v) is 12.0. The molecule has 1 amide bonds. The molecule has 4 heterocycles. The number of aromatic nitrogens is 4. The maximum Gasteiger partial charge on any atom is 0.254 e. The number of rotatable bonds is 4. The third-order valence-corrected chi connectivity index (χ3v) is 7.86. The quantitative estimate of drug-likeness (QED) is 0.505. The number of methoxy groups -OCH3 is 1. The van der Waals surface area contributed by atoms with Gasteiger partial charge in [0, 0.05) is 49.9 Å². The monoisotopic (exact) mass is 458 g/mol. The van der Waals surface area contributed by atoms with Crippen molar-refractivity contribution in [1.82, 2.24) is 24.0 Å². The molecular weight excluding hydrogens is 428 g/mol. The van der Waals surface area contributed by atoms with Crippen LogP contribution in [0.2, 0.25) is 0 Å². The average molecular weight is 459 g/mol. The standard InChI is InChI=1S/C26H30N6O2/c1-4-32-19(13-16-6-5-10-28-23(16)32)24-29-18-12-17(14-20(34-3)22(18)30(24)2)25(33)31-11-9-26(7-8-26)21(27)15-31/h5-6,10,12-14,21H,4,7-9,11,15,27H2,1-3H3. The van der Waals surface area contributed by atoms with Crippen molar-refractivity contribution < 1.29 is 9.53 Å². The number of hydrogen-bond donors (Lipinski definition) is 1. The molecule has 4 aromatic rings. The fraction of sp³-hybridized carbons (Fsp3) is 0.423. The van der Waals surface area contributed by atoms with Gasteiger partial charge < -0.3 is 24.5 Å². The zero-order valence-corrected chi connectivity index (χ0v) is 19.9. The Hall–Kier alpha value is -3.39. The smallest absolute Gasteiger partial charge is 0.254 e. The van der Waals surface area contributed by atoms with Crippen LogP contribution in [0, 0.1) is 5.41 Å². The highest BCUT2D eigenvalue weighted by atomic mass is 16.5. The van der Waals surface area contributed by atoms with E-state index in [4.69, 9.17) is 15.5 Å². The minimum Gasteiger partial charge on any atom is -0.494 e. The topological polar surface area (TPSA) is 91.2 Å². The molecule has 0 bridgehead atoms. The molecule has 1 atom stereocenters. The number of carbonyl (C=O) groups is 1. The summed E-state index contributed by atoms with van der Waals surface area (Å²) < 4.78 is 9.94. The summed E-state index contributed by atoms with van der Waals surface area (Å²) in [6.45, 7) is 4.24. The van der Waals surface area contributed by atoms with E-state index in [1.165, 1.54) is 12.8 Å². The van der Waals surface area contributed by atoms with E-state index in [0.29, 0.717) is 17.9 Å². The number of fused-ring (bicyclic) bond motifs is 2. The van der Waals surface area contributed by atoms with Gasteiger partial charge in [0.05, 0.1) is 18.3 Å². The Morgan fingerprint density at radius 3 is 2.79 bits per heavy atom. The van der Waals surface area contributed by atoms with Crippen LogP contribution in [-0.4, -0.2) is 56.2 Å². The van der Waals surface area contributed by atoms with Gasteiger partial charge in [0.1, 0.15) is 16.9 Å². The summed E-state index contributed by atoms with van der Waals surface area (Å²) in [5.41, 5.74) is 10.8. The van der Waals surface area contributed by atoms with Gasteiger partial charge in [-0.25, -0.2) is 9.97 Å². The molecule has 34 heavy (non-hydrogen) atoms. The molecule has 2 fully saturated rings. The maximum absolute atomic E-state index is 13.4. The van der Waals surface area contributed by atoms with Crippen molar-refractivity contribution in [3.8, 4) is 17.3 Å². The summed E-state index contributed by atoms with van der Waals surface area (Å²) >= 11 is 0. The first-order chi connectivity index (χ1) is 16.5. The molecule has 8 heteroatoms. The van der Waals surface area contributed by atoms with Crippen molar-refractivity contribution >= 4 is 28.0 Å². The third-order valence-electron chi connectivity index (χ3n) is 7.86. The Morgan fingerprint density at radius 2 is 2.09 bits per heavy atom. The van der Waals surface area contributed by atoms with Crippen molar-refractivity contribution in [2.24, 2.45) is 18.2 Å². The van der Waals surface area contributed by atoms with E-state index in [-0.39, 0.29) is 17.4 Å². The summed E-state index contributed by atoms with van der Waals surface area (Å²) in [7, 11) is 3.62. The van der Waals surface area contributed by atoms with E-state index in [0.717, 1.165) is 53.1 Å². The lowest BCUT2D eigenvalue weighted by Crippen LogP contribution is -2.51. The molecule has 1 unspecified atom stereocenters. The lowest BCUT2D eigenvalue weighted by Gasteiger charge is -2.37. The number of aryl methyl sites for hydroxylation is 2. The second-order valence-electron chi connectivity index (χ2n) is 9.70. The lowest BCUT2D eigenvalue weighted by atomic mass is 9.88. The Morgan fingerprint density at radius 1 is 1.26 bits per heavy atom. The van der Waals surface area contributed by atoms with Crippen LogP contribution in [0.4, 0.5) is 0 Å². The average Bonchev–Trinajstić information content (AvgIpc) is 3.43. The molecular formula is C26H30N6O2. The molecule has 1 aliphatic carbocycles. The third kappa shape index (κ3) is 3.05. The molecule has 1 saturated heterocycles. The van der Waals surface area contributed by atoms with E-state index in [9.17, 15) is 4.79 Å². The lowest BCUT2D eigenvalue weighted by molar-refractivity contribution is 0.0646. The number of ether oxygens (including phenoxy) is 1. The second kappa shape index (κ2) is 7.56. The normalized spacial score (nSPS) is 19.3. The number of nitrogens with two attached hydrogens (primary N) is 1. The second-order valence-corrected chi connectivity index (χ2v) is 9.70. The minimum absolute atomic E-state index is 0.00905. The number of pyridine rings is 1. The number of benzene rings is 1. The van der Waals surface area contributed by atoms with Gasteiger partial charge in [0.15, 0.2) is 5.82 Å². The van der Waals surface area contributed by atoms with Gasteiger partial charge in [0.25, 0.3) is 5.91 Å². The van der Waals surface area contributed by atoms with Gasteiger partial charge in [-0.2, -0.15) is 0 Å². The van der Waals surface area contributed by atoms with E-state index in [1.807, 2.05) is 40.9 Å². The zero-order chi connectivity index (χ0) is 23.6. The Balaban J connectivity index is 1.43. The van der Waals surface area contributed by atoms with E-state index < -0.39 is 0 Å². The Kier molecular flexibility index (Phi) is 4.71. The maximum atomic E-state index is 13.4. The number of imidazole rings is 1. The first-order valence-electron chi connectivity index (χ1n) is 12.0. The molecule has 3 aromatic heterocycles. The number of nitrogens with zero attached hydrogens (tertiary/aromatic N) is 5. The molecule has 2 N–H and O–H groups in total. The molecule has 1 aliphatic heterocycles. The molecule has 0 radical (unpaired) electrons. The molecule has 6 rings (SSSR count). The summed E-state index contributed by atoms with van der Waals surface area (Å²) in [6.07, 6.45) is 5.18. The van der Waals surface area contributed by atoms with Crippen LogP contribution in [0.25, 0.3) is 33.6 Å². The Bertz CT molecular complexity index is 1430. The highest BCUT2D eigenvalue weighted by Crippen LogP contribution is 2.53. The minimum atomic E-state index is -0.00905. The molecule has 1 aromatic carbocycles. The fourth-order valence-corrected chi connectivity index (χ4v) is 5.62. The van der Waals surface area contributed by atoms with Gasteiger partial charge >= 0.3 is 0 Å². The van der Waals surface area contributed by atoms with Crippen LogP contribution in [-0.2, 0) is 13.6 Å². The first kappa shape index (κ1) is 21.2. The number of likely N-dealkylation sites (tertiary alicyclic amines) is 1. The van der Waals surface area contributed by atoms with Crippen LogP contribution in [0.15, 0.2) is 36.5 Å². The summed E-state index contributed by atoms with van der Waals surface area (Å²) in [5.74, 6) is 1.44. The highest BCUT2D eigenvalue weighted by Gasteiger charge is 2.50. The Labute approximate surface area is 198 Å². The predicted molar refractivity (Wildman–Crippen MR) is 132 cm³/mol.